The number of amides is 1. The molecule has 0 radical (unpaired) electrons. The van der Waals surface area contributed by atoms with Crippen molar-refractivity contribution in [2.45, 2.75) is 26.2 Å². The number of rotatable bonds is 2. The van der Waals surface area contributed by atoms with Gasteiger partial charge in [-0.1, -0.05) is 45.0 Å². The molecule has 2 N–H and O–H groups in total. The highest BCUT2D eigenvalue weighted by atomic mass is 16.1. The standard InChI is InChI=1S/C22H21N3O/c1-22(2,3)16-9-6-14(7-10-16)20-19-5-4-12-25(19)18-11-8-15(21(23)26)13-17(18)24-20/h4-13H,1-3H3,(H2,23,26). The Balaban J connectivity index is 1.95. The van der Waals surface area contributed by atoms with Crippen LogP contribution in [-0.4, -0.2) is 15.3 Å². The first kappa shape index (κ1) is 16.3. The minimum Gasteiger partial charge on any atom is -0.366 e. The second-order valence-electron chi connectivity index (χ2n) is 7.62. The number of carbonyl (C=O) groups excluding carboxylic acids is 1. The Morgan fingerprint density at radius 2 is 1.73 bits per heavy atom. The summed E-state index contributed by atoms with van der Waals surface area (Å²) >= 11 is 0. The lowest BCUT2D eigenvalue weighted by Gasteiger charge is -2.19. The lowest BCUT2D eigenvalue weighted by Crippen LogP contribution is -2.11. The molecule has 0 spiro atoms. The molecule has 0 atom stereocenters. The van der Waals surface area contributed by atoms with E-state index in [9.17, 15) is 4.79 Å². The number of primary amides is 1. The second-order valence-corrected chi connectivity index (χ2v) is 7.62. The van der Waals surface area contributed by atoms with E-state index in [0.29, 0.717) is 5.56 Å². The smallest absolute Gasteiger partial charge is 0.248 e. The van der Waals surface area contributed by atoms with Crippen molar-refractivity contribution in [1.82, 2.24) is 9.38 Å². The molecule has 0 saturated carbocycles. The van der Waals surface area contributed by atoms with Gasteiger partial charge in [0.1, 0.15) is 0 Å². The van der Waals surface area contributed by atoms with E-state index in [4.69, 9.17) is 10.7 Å². The molecule has 4 heteroatoms. The average molecular weight is 343 g/mol. The third-order valence-corrected chi connectivity index (χ3v) is 4.77. The lowest BCUT2D eigenvalue weighted by molar-refractivity contribution is 0.100. The minimum absolute atomic E-state index is 0.107. The first-order valence-corrected chi connectivity index (χ1v) is 8.66. The van der Waals surface area contributed by atoms with Gasteiger partial charge in [-0.25, -0.2) is 4.98 Å². The maximum Gasteiger partial charge on any atom is 0.248 e. The van der Waals surface area contributed by atoms with Gasteiger partial charge in [-0.2, -0.15) is 0 Å². The summed E-state index contributed by atoms with van der Waals surface area (Å²) in [5, 5.41) is 0. The zero-order valence-corrected chi connectivity index (χ0v) is 15.2. The van der Waals surface area contributed by atoms with Crippen LogP contribution in [0.15, 0.2) is 60.8 Å². The zero-order valence-electron chi connectivity index (χ0n) is 15.2. The quantitative estimate of drug-likeness (QED) is 0.580. The van der Waals surface area contributed by atoms with E-state index in [0.717, 1.165) is 27.8 Å². The summed E-state index contributed by atoms with van der Waals surface area (Å²) in [7, 11) is 0. The summed E-state index contributed by atoms with van der Waals surface area (Å²) < 4.78 is 2.10. The summed E-state index contributed by atoms with van der Waals surface area (Å²) in [6.45, 7) is 6.60. The van der Waals surface area contributed by atoms with Gasteiger partial charge in [-0.05, 0) is 41.3 Å². The number of hydrogen-bond acceptors (Lipinski definition) is 2. The third kappa shape index (κ3) is 2.64. The number of benzene rings is 2. The minimum atomic E-state index is -0.447. The molecule has 0 aliphatic carbocycles. The number of nitrogens with two attached hydrogens (primary N) is 1. The summed E-state index contributed by atoms with van der Waals surface area (Å²) in [4.78, 5) is 16.4. The van der Waals surface area contributed by atoms with E-state index in [1.54, 1.807) is 12.1 Å². The van der Waals surface area contributed by atoms with Gasteiger partial charge >= 0.3 is 0 Å². The average Bonchev–Trinajstić information content (AvgIpc) is 3.09. The molecule has 4 nitrogen and oxygen atoms in total. The van der Waals surface area contributed by atoms with Gasteiger partial charge in [0.2, 0.25) is 5.91 Å². The normalized spacial score (nSPS) is 12.0. The Kier molecular flexibility index (Phi) is 3.58. The molecule has 26 heavy (non-hydrogen) atoms. The number of hydrogen-bond donors (Lipinski definition) is 1. The van der Waals surface area contributed by atoms with Gasteiger partial charge in [0, 0.05) is 17.3 Å². The van der Waals surface area contributed by atoms with Gasteiger partial charge < -0.3 is 10.1 Å². The first-order valence-electron chi connectivity index (χ1n) is 8.66. The maximum atomic E-state index is 11.5. The molecule has 4 rings (SSSR count). The molecule has 2 aromatic heterocycles. The van der Waals surface area contributed by atoms with Crippen molar-refractivity contribution in [1.29, 1.82) is 0 Å². The Morgan fingerprint density at radius 1 is 1.00 bits per heavy atom. The van der Waals surface area contributed by atoms with E-state index in [1.807, 2.05) is 18.3 Å². The summed E-state index contributed by atoms with van der Waals surface area (Å²) in [5.74, 6) is -0.447. The summed E-state index contributed by atoms with van der Waals surface area (Å²) in [6, 6.07) is 18.0. The fourth-order valence-electron chi connectivity index (χ4n) is 3.27. The SMILES string of the molecule is CC(C)(C)c1ccc(-c2nc3cc(C(N)=O)ccc3n3cccc23)cc1. The van der Waals surface area contributed by atoms with Crippen molar-refractivity contribution in [3.63, 3.8) is 0 Å². The molecule has 4 aromatic rings. The molecule has 0 saturated heterocycles. The highest BCUT2D eigenvalue weighted by Crippen LogP contribution is 2.30. The monoisotopic (exact) mass is 343 g/mol. The Morgan fingerprint density at radius 3 is 2.38 bits per heavy atom. The Labute approximate surface area is 152 Å². The highest BCUT2D eigenvalue weighted by Gasteiger charge is 2.15. The zero-order chi connectivity index (χ0) is 18.5. The van der Waals surface area contributed by atoms with Crippen LogP contribution in [0.2, 0.25) is 0 Å². The fraction of sp³-hybridized carbons (Fsp3) is 0.182. The molecule has 1 amide bonds. The van der Waals surface area contributed by atoms with Gasteiger partial charge in [0.15, 0.2) is 0 Å². The summed E-state index contributed by atoms with van der Waals surface area (Å²) in [5.41, 5.74) is 12.0. The van der Waals surface area contributed by atoms with Crippen molar-refractivity contribution in [3.05, 3.63) is 71.9 Å². The van der Waals surface area contributed by atoms with Crippen LogP contribution in [0.3, 0.4) is 0 Å². The van der Waals surface area contributed by atoms with Crippen molar-refractivity contribution in [3.8, 4) is 11.3 Å². The molecule has 0 fully saturated rings. The molecule has 2 heterocycles. The topological polar surface area (TPSA) is 60.4 Å². The highest BCUT2D eigenvalue weighted by molar-refractivity contribution is 5.97. The van der Waals surface area contributed by atoms with E-state index in [1.165, 1.54) is 5.56 Å². The Bertz CT molecular complexity index is 1130. The molecule has 0 unspecified atom stereocenters. The molecular weight excluding hydrogens is 322 g/mol. The van der Waals surface area contributed by atoms with Gasteiger partial charge in [0.25, 0.3) is 0 Å². The van der Waals surface area contributed by atoms with E-state index >= 15 is 0 Å². The number of nitrogens with zero attached hydrogens (tertiary/aromatic N) is 2. The largest absolute Gasteiger partial charge is 0.366 e. The van der Waals surface area contributed by atoms with Crippen LogP contribution in [-0.2, 0) is 5.41 Å². The molecule has 0 aliphatic rings. The van der Waals surface area contributed by atoms with E-state index in [2.05, 4.69) is 55.5 Å². The number of aromatic nitrogens is 2. The Hall–Kier alpha value is -3.14. The van der Waals surface area contributed by atoms with Crippen LogP contribution in [0.25, 0.3) is 27.8 Å². The molecule has 2 aromatic carbocycles. The first-order chi connectivity index (χ1) is 12.3. The van der Waals surface area contributed by atoms with Gasteiger partial charge in [-0.15, -0.1) is 0 Å². The summed E-state index contributed by atoms with van der Waals surface area (Å²) in [6.07, 6.45) is 2.01. The molecular formula is C22H21N3O. The van der Waals surface area contributed by atoms with Crippen LogP contribution in [0.4, 0.5) is 0 Å². The van der Waals surface area contributed by atoms with Crippen LogP contribution in [0.1, 0.15) is 36.7 Å². The molecule has 130 valence electrons. The van der Waals surface area contributed by atoms with Crippen LogP contribution < -0.4 is 5.73 Å². The van der Waals surface area contributed by atoms with Crippen molar-refractivity contribution >= 4 is 22.5 Å². The predicted octanol–water partition coefficient (Wildman–Crippen LogP) is 4.55. The number of carbonyl (C=O) groups is 1. The van der Waals surface area contributed by atoms with Crippen LogP contribution >= 0.6 is 0 Å². The lowest BCUT2D eigenvalue weighted by atomic mass is 9.86. The van der Waals surface area contributed by atoms with Crippen molar-refractivity contribution < 1.29 is 4.79 Å². The predicted molar refractivity (Wildman–Crippen MR) is 105 cm³/mol. The van der Waals surface area contributed by atoms with Crippen LogP contribution in [0, 0.1) is 0 Å². The second kappa shape index (κ2) is 5.70. The third-order valence-electron chi connectivity index (χ3n) is 4.77. The van der Waals surface area contributed by atoms with E-state index in [-0.39, 0.29) is 5.41 Å². The maximum absolute atomic E-state index is 11.5. The molecule has 0 aliphatic heterocycles. The van der Waals surface area contributed by atoms with E-state index < -0.39 is 5.91 Å². The van der Waals surface area contributed by atoms with Crippen LogP contribution in [0.5, 0.6) is 0 Å². The molecule has 0 bridgehead atoms. The van der Waals surface area contributed by atoms with Gasteiger partial charge in [0.05, 0.1) is 22.2 Å². The van der Waals surface area contributed by atoms with Crippen molar-refractivity contribution in [2.24, 2.45) is 5.73 Å². The van der Waals surface area contributed by atoms with Crippen molar-refractivity contribution in [2.75, 3.05) is 0 Å². The fourth-order valence-corrected chi connectivity index (χ4v) is 3.27. The van der Waals surface area contributed by atoms with Gasteiger partial charge in [-0.3, -0.25) is 4.79 Å². The number of fused-ring (bicyclic) bond motifs is 3.